The van der Waals surface area contributed by atoms with Gasteiger partial charge in [-0.15, -0.1) is 0 Å². The van der Waals surface area contributed by atoms with Crippen LogP contribution in [-0.4, -0.2) is 83.5 Å². The maximum atomic E-state index is 14.3. The number of nitrogens with one attached hydrogen (secondary N) is 2. The minimum absolute atomic E-state index is 0.00544. The SMILES string of the molecule is CCc1ccc(CCCCN(CCC(Nc2ncncc2Br)C(=O)O)CC(F)COC)nc1NC. The monoisotopic (exact) mass is 554 g/mol. The predicted molar refractivity (Wildman–Crippen MR) is 139 cm³/mol. The average Bonchev–Trinajstić information content (AvgIpc) is 2.84. The fourth-order valence-corrected chi connectivity index (χ4v) is 4.11. The lowest BCUT2D eigenvalue weighted by Gasteiger charge is -2.26. The number of hydrogen-bond donors (Lipinski definition) is 3. The van der Waals surface area contributed by atoms with Crippen LogP contribution in [-0.2, 0) is 22.4 Å². The summed E-state index contributed by atoms with van der Waals surface area (Å²) < 4.78 is 19.8. The molecule has 0 aliphatic rings. The van der Waals surface area contributed by atoms with Gasteiger partial charge in [0.15, 0.2) is 0 Å². The van der Waals surface area contributed by atoms with E-state index in [1.165, 1.54) is 19.0 Å². The molecule has 2 aromatic rings. The normalized spacial score (nSPS) is 13.0. The molecule has 3 N–H and O–H groups in total. The van der Waals surface area contributed by atoms with Gasteiger partial charge in [-0.1, -0.05) is 13.0 Å². The van der Waals surface area contributed by atoms with Crippen molar-refractivity contribution in [3.63, 3.8) is 0 Å². The van der Waals surface area contributed by atoms with Gasteiger partial charge < -0.3 is 25.4 Å². The molecule has 0 spiro atoms. The standard InChI is InChI=1S/C24H36BrFN6O3/c1-4-17-8-9-19(30-22(17)27-2)7-5-6-11-32(14-18(26)15-35-3)12-10-21(24(33)34)31-23-20(25)13-28-16-29-23/h8-9,13,16,18,21H,4-7,10-12,14-15H2,1-3H3,(H,27,30)(H,33,34)(H,28,29,31). The van der Waals surface area contributed by atoms with E-state index >= 15 is 0 Å². The fourth-order valence-electron chi connectivity index (χ4n) is 3.77. The predicted octanol–water partition coefficient (Wildman–Crippen LogP) is 3.80. The minimum Gasteiger partial charge on any atom is -0.480 e. The molecule has 0 bridgehead atoms. The summed E-state index contributed by atoms with van der Waals surface area (Å²) in [5.74, 6) is 0.323. The molecule has 0 saturated heterocycles. The summed E-state index contributed by atoms with van der Waals surface area (Å²) >= 11 is 3.32. The van der Waals surface area contributed by atoms with Crippen molar-refractivity contribution in [2.24, 2.45) is 0 Å². The number of hydrogen-bond acceptors (Lipinski definition) is 8. The first-order chi connectivity index (χ1) is 16.9. The summed E-state index contributed by atoms with van der Waals surface area (Å²) in [5, 5.41) is 15.8. The van der Waals surface area contributed by atoms with Gasteiger partial charge in [0.2, 0.25) is 0 Å². The van der Waals surface area contributed by atoms with Crippen LogP contribution in [0.4, 0.5) is 16.0 Å². The van der Waals surface area contributed by atoms with Crippen LogP contribution in [0, 0.1) is 0 Å². The second kappa shape index (κ2) is 15.6. The second-order valence-electron chi connectivity index (χ2n) is 8.27. The molecule has 0 amide bonds. The number of carboxylic acids is 1. The van der Waals surface area contributed by atoms with Crippen molar-refractivity contribution in [3.05, 3.63) is 40.4 Å². The summed E-state index contributed by atoms with van der Waals surface area (Å²) in [5.41, 5.74) is 2.21. The Morgan fingerprint density at radius 1 is 1.29 bits per heavy atom. The summed E-state index contributed by atoms with van der Waals surface area (Å²) in [7, 11) is 3.34. The Bertz CT molecular complexity index is 923. The summed E-state index contributed by atoms with van der Waals surface area (Å²) in [6.07, 6.45) is 5.52. The second-order valence-corrected chi connectivity index (χ2v) is 9.12. The molecule has 2 atom stereocenters. The summed E-state index contributed by atoms with van der Waals surface area (Å²) in [6.45, 7) is 3.37. The fraction of sp³-hybridized carbons (Fsp3) is 0.583. The number of carboxylic acid groups (broad SMARTS) is 1. The Balaban J connectivity index is 1.93. The molecule has 2 aromatic heterocycles. The first kappa shape index (κ1) is 28.9. The van der Waals surface area contributed by atoms with Gasteiger partial charge in [0, 0.05) is 39.1 Å². The van der Waals surface area contributed by atoms with Crippen molar-refractivity contribution in [2.45, 2.75) is 51.2 Å². The highest BCUT2D eigenvalue weighted by Gasteiger charge is 2.21. The number of rotatable bonds is 17. The number of unbranched alkanes of at least 4 members (excludes halogenated alkanes) is 1. The Kier molecular flexibility index (Phi) is 12.9. The Morgan fingerprint density at radius 2 is 2.09 bits per heavy atom. The number of ether oxygens (including phenoxy) is 1. The van der Waals surface area contributed by atoms with Crippen LogP contribution in [0.1, 0.15) is 37.4 Å². The highest BCUT2D eigenvalue weighted by molar-refractivity contribution is 9.10. The van der Waals surface area contributed by atoms with Crippen LogP contribution in [0.3, 0.4) is 0 Å². The van der Waals surface area contributed by atoms with Gasteiger partial charge in [-0.25, -0.2) is 24.1 Å². The molecule has 35 heavy (non-hydrogen) atoms. The highest BCUT2D eigenvalue weighted by atomic mass is 79.9. The number of carbonyl (C=O) groups is 1. The van der Waals surface area contributed by atoms with E-state index in [2.05, 4.69) is 60.6 Å². The van der Waals surface area contributed by atoms with Gasteiger partial charge in [-0.2, -0.15) is 0 Å². The van der Waals surface area contributed by atoms with Crippen LogP contribution in [0.25, 0.3) is 0 Å². The number of anilines is 2. The van der Waals surface area contributed by atoms with Crippen molar-refractivity contribution < 1.29 is 19.0 Å². The molecule has 0 aliphatic heterocycles. The van der Waals surface area contributed by atoms with E-state index in [1.807, 2.05) is 11.9 Å². The van der Waals surface area contributed by atoms with Gasteiger partial charge in [-0.3, -0.25) is 0 Å². The number of nitrogens with zero attached hydrogens (tertiary/aromatic N) is 4. The molecule has 0 fully saturated rings. The Morgan fingerprint density at radius 3 is 2.74 bits per heavy atom. The van der Waals surface area contributed by atoms with E-state index in [4.69, 9.17) is 4.74 Å². The average molecular weight is 555 g/mol. The first-order valence-corrected chi connectivity index (χ1v) is 12.6. The van der Waals surface area contributed by atoms with E-state index in [0.717, 1.165) is 37.2 Å². The quantitative estimate of drug-likeness (QED) is 0.251. The van der Waals surface area contributed by atoms with Crippen molar-refractivity contribution in [2.75, 3.05) is 51.0 Å². The molecule has 194 valence electrons. The molecule has 2 heterocycles. The van der Waals surface area contributed by atoms with Gasteiger partial charge in [-0.05, 0) is 66.2 Å². The maximum Gasteiger partial charge on any atom is 0.326 e. The summed E-state index contributed by atoms with van der Waals surface area (Å²) in [4.78, 5) is 26.4. The lowest BCUT2D eigenvalue weighted by atomic mass is 10.1. The summed E-state index contributed by atoms with van der Waals surface area (Å²) in [6, 6.07) is 3.29. The third-order valence-corrected chi connectivity index (χ3v) is 6.21. The molecule has 2 unspecified atom stereocenters. The molecule has 9 nitrogen and oxygen atoms in total. The van der Waals surface area contributed by atoms with Gasteiger partial charge >= 0.3 is 5.97 Å². The topological polar surface area (TPSA) is 112 Å². The lowest BCUT2D eigenvalue weighted by molar-refractivity contribution is -0.138. The number of aromatic nitrogens is 3. The van der Waals surface area contributed by atoms with Gasteiger partial charge in [0.05, 0.1) is 11.1 Å². The number of alkyl halides is 1. The zero-order valence-electron chi connectivity index (χ0n) is 20.6. The van der Waals surface area contributed by atoms with Crippen molar-refractivity contribution in [1.82, 2.24) is 19.9 Å². The van der Waals surface area contributed by atoms with E-state index in [0.29, 0.717) is 23.4 Å². The molecular formula is C24H36BrFN6O3. The van der Waals surface area contributed by atoms with Crippen LogP contribution < -0.4 is 10.6 Å². The van der Waals surface area contributed by atoms with Gasteiger partial charge in [0.1, 0.15) is 30.2 Å². The molecular weight excluding hydrogens is 519 g/mol. The highest BCUT2D eigenvalue weighted by Crippen LogP contribution is 2.19. The van der Waals surface area contributed by atoms with Crippen LogP contribution in [0.2, 0.25) is 0 Å². The van der Waals surface area contributed by atoms with Crippen molar-refractivity contribution in [1.29, 1.82) is 0 Å². The largest absolute Gasteiger partial charge is 0.480 e. The van der Waals surface area contributed by atoms with Crippen LogP contribution in [0.5, 0.6) is 0 Å². The smallest absolute Gasteiger partial charge is 0.326 e. The molecule has 0 aliphatic carbocycles. The van der Waals surface area contributed by atoms with Gasteiger partial charge in [0.25, 0.3) is 0 Å². The molecule has 11 heteroatoms. The first-order valence-electron chi connectivity index (χ1n) is 11.8. The van der Waals surface area contributed by atoms with E-state index in [9.17, 15) is 14.3 Å². The number of pyridine rings is 1. The van der Waals surface area contributed by atoms with E-state index in [1.54, 1.807) is 6.20 Å². The van der Waals surface area contributed by atoms with Crippen LogP contribution >= 0.6 is 15.9 Å². The minimum atomic E-state index is -1.14. The third-order valence-electron chi connectivity index (χ3n) is 5.63. The number of halogens is 2. The molecule has 0 radical (unpaired) electrons. The number of aliphatic carboxylic acids is 1. The Hall–Kier alpha value is -2.37. The lowest BCUT2D eigenvalue weighted by Crippen LogP contribution is -2.38. The number of aryl methyl sites for hydroxylation is 2. The van der Waals surface area contributed by atoms with E-state index < -0.39 is 18.2 Å². The molecule has 0 aromatic carbocycles. The third kappa shape index (κ3) is 10.0. The Labute approximate surface area is 215 Å². The zero-order valence-corrected chi connectivity index (χ0v) is 22.2. The van der Waals surface area contributed by atoms with Crippen LogP contribution in [0.15, 0.2) is 29.1 Å². The van der Waals surface area contributed by atoms with E-state index in [-0.39, 0.29) is 19.6 Å². The number of methoxy groups -OCH3 is 1. The van der Waals surface area contributed by atoms with Crippen molar-refractivity contribution in [3.8, 4) is 0 Å². The molecule has 2 rings (SSSR count). The zero-order chi connectivity index (χ0) is 25.6. The molecule has 0 saturated carbocycles. The van der Waals surface area contributed by atoms with Crippen molar-refractivity contribution >= 4 is 33.5 Å². The maximum absolute atomic E-state index is 14.3.